The van der Waals surface area contributed by atoms with Crippen LogP contribution in [0.15, 0.2) is 0 Å². The van der Waals surface area contributed by atoms with E-state index < -0.39 is 0 Å². The first-order valence-electron chi connectivity index (χ1n) is 6.80. The molecule has 1 heterocycles. The van der Waals surface area contributed by atoms with Crippen molar-refractivity contribution >= 4 is 17.7 Å². The van der Waals surface area contributed by atoms with E-state index in [1.165, 1.54) is 25.7 Å². The summed E-state index contributed by atoms with van der Waals surface area (Å²) >= 11 is 1.93. The molecular formula is C13H24N2OS. The lowest BCUT2D eigenvalue weighted by molar-refractivity contribution is -0.132. The van der Waals surface area contributed by atoms with Gasteiger partial charge in [0.2, 0.25) is 5.91 Å². The van der Waals surface area contributed by atoms with Gasteiger partial charge in [-0.15, -0.1) is 0 Å². The molecule has 1 aliphatic carbocycles. The van der Waals surface area contributed by atoms with Crippen molar-refractivity contribution < 1.29 is 4.79 Å². The Hall–Kier alpha value is -0.220. The van der Waals surface area contributed by atoms with Gasteiger partial charge in [-0.05, 0) is 32.4 Å². The standard InChI is InChI=1S/C13H24N2OS/c1-4-12-14-9(2)13(16)15(12)10-7-5-6-8-11(10)17-3/h9-12,14H,4-8H2,1-3H3. The summed E-state index contributed by atoms with van der Waals surface area (Å²) in [6.07, 6.45) is 8.49. The van der Waals surface area contributed by atoms with Gasteiger partial charge in [-0.2, -0.15) is 11.8 Å². The van der Waals surface area contributed by atoms with Gasteiger partial charge in [-0.3, -0.25) is 10.1 Å². The maximum absolute atomic E-state index is 12.3. The lowest BCUT2D eigenvalue weighted by atomic mass is 9.93. The van der Waals surface area contributed by atoms with Crippen molar-refractivity contribution in [2.45, 2.75) is 69.5 Å². The van der Waals surface area contributed by atoms with Crippen LogP contribution in [0.3, 0.4) is 0 Å². The molecule has 2 rings (SSSR count). The number of hydrogen-bond acceptors (Lipinski definition) is 3. The zero-order valence-electron chi connectivity index (χ0n) is 11.1. The van der Waals surface area contributed by atoms with Crippen LogP contribution in [0, 0.1) is 0 Å². The van der Waals surface area contributed by atoms with E-state index in [9.17, 15) is 4.79 Å². The zero-order chi connectivity index (χ0) is 12.4. The Morgan fingerprint density at radius 3 is 2.76 bits per heavy atom. The van der Waals surface area contributed by atoms with Crippen LogP contribution in [0.4, 0.5) is 0 Å². The van der Waals surface area contributed by atoms with Crippen LogP contribution in [-0.2, 0) is 4.79 Å². The highest BCUT2D eigenvalue weighted by atomic mass is 32.2. The minimum atomic E-state index is 0.00406. The Bertz CT molecular complexity index is 285. The molecule has 1 aliphatic heterocycles. The van der Waals surface area contributed by atoms with Gasteiger partial charge in [0.1, 0.15) is 0 Å². The van der Waals surface area contributed by atoms with Crippen molar-refractivity contribution in [3.05, 3.63) is 0 Å². The highest BCUT2D eigenvalue weighted by Crippen LogP contribution is 2.33. The maximum atomic E-state index is 12.3. The number of nitrogens with zero attached hydrogens (tertiary/aromatic N) is 1. The minimum Gasteiger partial charge on any atom is -0.322 e. The molecule has 2 fully saturated rings. The normalized spacial score (nSPS) is 38.8. The zero-order valence-corrected chi connectivity index (χ0v) is 11.9. The second-order valence-corrected chi connectivity index (χ2v) is 6.26. The van der Waals surface area contributed by atoms with Crippen LogP contribution in [-0.4, -0.2) is 40.6 Å². The maximum Gasteiger partial charge on any atom is 0.241 e. The van der Waals surface area contributed by atoms with E-state index in [0.717, 1.165) is 6.42 Å². The third kappa shape index (κ3) is 2.48. The smallest absolute Gasteiger partial charge is 0.241 e. The Kier molecular flexibility index (Phi) is 4.36. The van der Waals surface area contributed by atoms with Gasteiger partial charge in [0, 0.05) is 11.3 Å². The molecule has 4 heteroatoms. The molecular weight excluding hydrogens is 232 g/mol. The van der Waals surface area contributed by atoms with E-state index in [1.54, 1.807) is 0 Å². The molecule has 0 bridgehead atoms. The highest BCUT2D eigenvalue weighted by Gasteiger charge is 2.42. The van der Waals surface area contributed by atoms with Gasteiger partial charge < -0.3 is 4.90 Å². The Morgan fingerprint density at radius 2 is 2.12 bits per heavy atom. The summed E-state index contributed by atoms with van der Waals surface area (Å²) in [7, 11) is 0. The van der Waals surface area contributed by atoms with Crippen molar-refractivity contribution in [1.29, 1.82) is 0 Å². The van der Waals surface area contributed by atoms with Crippen molar-refractivity contribution in [1.82, 2.24) is 10.2 Å². The topological polar surface area (TPSA) is 32.3 Å². The van der Waals surface area contributed by atoms with Crippen molar-refractivity contribution in [2.75, 3.05) is 6.26 Å². The van der Waals surface area contributed by atoms with Crippen LogP contribution >= 0.6 is 11.8 Å². The van der Waals surface area contributed by atoms with E-state index in [4.69, 9.17) is 0 Å². The molecule has 0 aromatic heterocycles. The molecule has 1 saturated heterocycles. The largest absolute Gasteiger partial charge is 0.322 e. The summed E-state index contributed by atoms with van der Waals surface area (Å²) in [5, 5.41) is 4.05. The van der Waals surface area contributed by atoms with E-state index in [-0.39, 0.29) is 12.2 Å². The first-order valence-corrected chi connectivity index (χ1v) is 8.08. The third-order valence-corrected chi connectivity index (χ3v) is 5.27. The van der Waals surface area contributed by atoms with Crippen molar-refractivity contribution in [2.24, 2.45) is 0 Å². The monoisotopic (exact) mass is 256 g/mol. The SMILES string of the molecule is CCC1NC(C)C(=O)N1C1CCCCC1SC. The minimum absolute atomic E-state index is 0.00406. The fourth-order valence-corrected chi connectivity index (χ4v) is 4.18. The molecule has 98 valence electrons. The quantitative estimate of drug-likeness (QED) is 0.840. The lowest BCUT2D eigenvalue weighted by Gasteiger charge is -2.39. The lowest BCUT2D eigenvalue weighted by Crippen LogP contribution is -2.50. The van der Waals surface area contributed by atoms with Crippen LogP contribution in [0.2, 0.25) is 0 Å². The molecule has 1 saturated carbocycles. The fraction of sp³-hybridized carbons (Fsp3) is 0.923. The molecule has 3 nitrogen and oxygen atoms in total. The van der Waals surface area contributed by atoms with Crippen LogP contribution < -0.4 is 5.32 Å². The van der Waals surface area contributed by atoms with Gasteiger partial charge >= 0.3 is 0 Å². The molecule has 0 radical (unpaired) electrons. The van der Waals surface area contributed by atoms with E-state index >= 15 is 0 Å². The number of amides is 1. The molecule has 0 aromatic rings. The average Bonchev–Trinajstić information content (AvgIpc) is 2.65. The first kappa shape index (κ1) is 13.2. The summed E-state index contributed by atoms with van der Waals surface area (Å²) < 4.78 is 0. The summed E-state index contributed by atoms with van der Waals surface area (Å²) in [4.78, 5) is 14.4. The third-order valence-electron chi connectivity index (χ3n) is 4.12. The van der Waals surface area contributed by atoms with Crippen molar-refractivity contribution in [3.63, 3.8) is 0 Å². The Balaban J connectivity index is 2.15. The number of thioether (sulfide) groups is 1. The highest BCUT2D eigenvalue weighted by molar-refractivity contribution is 7.99. The summed E-state index contributed by atoms with van der Waals surface area (Å²) in [5.74, 6) is 0.308. The average molecular weight is 256 g/mol. The fourth-order valence-electron chi connectivity index (χ4n) is 3.20. The molecule has 4 atom stereocenters. The van der Waals surface area contributed by atoms with Crippen LogP contribution in [0.25, 0.3) is 0 Å². The summed E-state index contributed by atoms with van der Waals surface area (Å²) in [5.41, 5.74) is 0. The summed E-state index contributed by atoms with van der Waals surface area (Å²) in [6, 6.07) is 0.457. The van der Waals surface area contributed by atoms with Gasteiger partial charge in [-0.25, -0.2) is 0 Å². The number of carbonyl (C=O) groups is 1. The van der Waals surface area contributed by atoms with Crippen molar-refractivity contribution in [3.8, 4) is 0 Å². The molecule has 0 aromatic carbocycles. The second-order valence-electron chi connectivity index (χ2n) is 5.18. The van der Waals surface area contributed by atoms with E-state index in [2.05, 4.69) is 23.4 Å². The van der Waals surface area contributed by atoms with Gasteiger partial charge in [-0.1, -0.05) is 19.8 Å². The summed E-state index contributed by atoms with van der Waals surface area (Å²) in [6.45, 7) is 4.15. The van der Waals surface area contributed by atoms with E-state index in [1.807, 2.05) is 18.7 Å². The van der Waals surface area contributed by atoms with Crippen LogP contribution in [0.1, 0.15) is 46.0 Å². The number of hydrogen-bond donors (Lipinski definition) is 1. The molecule has 0 spiro atoms. The second kappa shape index (κ2) is 5.61. The van der Waals surface area contributed by atoms with E-state index in [0.29, 0.717) is 17.2 Å². The molecule has 1 amide bonds. The van der Waals surface area contributed by atoms with Crippen LogP contribution in [0.5, 0.6) is 0 Å². The molecule has 4 unspecified atom stereocenters. The molecule has 17 heavy (non-hydrogen) atoms. The molecule has 2 aliphatic rings. The van der Waals surface area contributed by atoms with Gasteiger partial charge in [0.25, 0.3) is 0 Å². The van der Waals surface area contributed by atoms with Gasteiger partial charge in [0.05, 0.1) is 12.2 Å². The number of nitrogens with one attached hydrogen (secondary N) is 1. The predicted molar refractivity (Wildman–Crippen MR) is 73.1 cm³/mol. The predicted octanol–water partition coefficient (Wildman–Crippen LogP) is 2.22. The van der Waals surface area contributed by atoms with Gasteiger partial charge in [0.15, 0.2) is 0 Å². The Morgan fingerprint density at radius 1 is 1.41 bits per heavy atom. The Labute approximate surface area is 109 Å². The number of carbonyl (C=O) groups excluding carboxylic acids is 1. The number of rotatable bonds is 3. The first-order chi connectivity index (χ1) is 8.19. The molecule has 1 N–H and O–H groups in total.